The Balaban J connectivity index is 1.40. The Morgan fingerprint density at radius 1 is 0.935 bits per heavy atom. The summed E-state index contributed by atoms with van der Waals surface area (Å²) < 4.78 is 6.38. The smallest absolute Gasteiger partial charge is 0.331 e. The molecule has 236 valence electrons. The maximum Gasteiger partial charge on any atom is 0.331 e. The Hall–Kier alpha value is -4.07. The third-order valence-electron chi connectivity index (χ3n) is 9.34. The summed E-state index contributed by atoms with van der Waals surface area (Å²) in [4.78, 5) is 37.2. The molecule has 4 aromatic carbocycles. The lowest BCUT2D eigenvalue weighted by molar-refractivity contribution is -0.142. The maximum absolute atomic E-state index is 14.2. The molecule has 0 radical (unpaired) electrons. The third-order valence-corrected chi connectivity index (χ3v) is 9.83. The minimum absolute atomic E-state index is 0.0591. The van der Waals surface area contributed by atoms with Gasteiger partial charge in [0.05, 0.1) is 24.6 Å². The van der Waals surface area contributed by atoms with Crippen molar-refractivity contribution in [3.05, 3.63) is 135 Å². The van der Waals surface area contributed by atoms with E-state index in [0.717, 1.165) is 72.0 Å². The topological polar surface area (TPSA) is 62.2 Å². The zero-order chi connectivity index (χ0) is 32.0. The first-order chi connectivity index (χ1) is 22.4. The number of nitrogens with zero attached hydrogens (tertiary/aromatic N) is 3. The van der Waals surface area contributed by atoms with Crippen LogP contribution in [0.1, 0.15) is 59.4 Å². The largest absolute Gasteiger partial charge is 0.467 e. The van der Waals surface area contributed by atoms with Gasteiger partial charge in [0.15, 0.2) is 6.04 Å². The molecule has 2 aliphatic rings. The summed E-state index contributed by atoms with van der Waals surface area (Å²) in [5, 5.41) is 0. The highest BCUT2D eigenvalue weighted by Gasteiger charge is 2.36. The number of aliphatic imine (C=N–C) groups is 1. The second-order valence-corrected chi connectivity index (χ2v) is 13.1. The number of anilines is 1. The van der Waals surface area contributed by atoms with Crippen molar-refractivity contribution in [1.29, 1.82) is 0 Å². The molecule has 1 saturated heterocycles. The molecular formula is C39H40BrN3O3. The molecule has 0 saturated carbocycles. The molecule has 7 heteroatoms. The zero-order valence-electron chi connectivity index (χ0n) is 26.4. The Labute approximate surface area is 280 Å². The van der Waals surface area contributed by atoms with Gasteiger partial charge in [0.25, 0.3) is 0 Å². The van der Waals surface area contributed by atoms with Gasteiger partial charge in [-0.15, -0.1) is 0 Å². The molecule has 6 rings (SSSR count). The molecule has 1 heterocycles. The number of carbonyl (C=O) groups is 2. The maximum atomic E-state index is 14.2. The first kappa shape index (κ1) is 31.9. The van der Waals surface area contributed by atoms with E-state index in [4.69, 9.17) is 9.73 Å². The zero-order valence-corrected chi connectivity index (χ0v) is 28.0. The first-order valence-corrected chi connectivity index (χ1v) is 16.9. The van der Waals surface area contributed by atoms with Crippen molar-refractivity contribution >= 4 is 39.2 Å². The third kappa shape index (κ3) is 6.86. The molecule has 3 atom stereocenters. The van der Waals surface area contributed by atoms with Crippen LogP contribution in [-0.4, -0.2) is 55.3 Å². The predicted octanol–water partition coefficient (Wildman–Crippen LogP) is 7.58. The summed E-state index contributed by atoms with van der Waals surface area (Å²) in [5.74, 6) is -0.441. The summed E-state index contributed by atoms with van der Waals surface area (Å²) >= 11 is 3.64. The van der Waals surface area contributed by atoms with Crippen molar-refractivity contribution < 1.29 is 14.3 Å². The first-order valence-electron chi connectivity index (χ1n) is 16.1. The number of ether oxygens (including phenoxy) is 1. The monoisotopic (exact) mass is 677 g/mol. The van der Waals surface area contributed by atoms with Gasteiger partial charge in [-0.05, 0) is 73.5 Å². The standard InChI is InChI=1S/C39H40BrN3O3/c1-42(38(44)35-21-12-24-43(35)26-27-13-5-3-6-14-27)34-20-10-9-18-32(34)36(29-15-7-4-8-16-29)41-37(39(45)46-2)31-19-11-17-28-22-23-30(40)25-33(28)31/h3-10,13-16,18,20,22-23,25,31,35,37H,11-12,17,19,21,24,26H2,1-2H3/t31-,35?,37?/m1/s1. The highest BCUT2D eigenvalue weighted by atomic mass is 79.9. The van der Waals surface area contributed by atoms with Crippen LogP contribution in [0.25, 0.3) is 0 Å². The van der Waals surface area contributed by atoms with Gasteiger partial charge in [-0.2, -0.15) is 0 Å². The predicted molar refractivity (Wildman–Crippen MR) is 187 cm³/mol. The summed E-state index contributed by atoms with van der Waals surface area (Å²) in [5.41, 5.74) is 6.68. The van der Waals surface area contributed by atoms with E-state index in [9.17, 15) is 9.59 Å². The molecule has 0 spiro atoms. The van der Waals surface area contributed by atoms with Crippen molar-refractivity contribution in [1.82, 2.24) is 4.90 Å². The number of hydrogen-bond acceptors (Lipinski definition) is 5. The number of methoxy groups -OCH3 is 1. The van der Waals surface area contributed by atoms with E-state index >= 15 is 0 Å². The number of aryl methyl sites for hydroxylation is 1. The van der Waals surface area contributed by atoms with Gasteiger partial charge < -0.3 is 9.64 Å². The average molecular weight is 679 g/mol. The number of benzene rings is 4. The van der Waals surface area contributed by atoms with E-state index < -0.39 is 6.04 Å². The minimum Gasteiger partial charge on any atom is -0.467 e. The number of hydrogen-bond donors (Lipinski definition) is 0. The summed E-state index contributed by atoms with van der Waals surface area (Å²) in [6.45, 7) is 1.63. The molecule has 0 aromatic heterocycles. The van der Waals surface area contributed by atoms with Crippen LogP contribution < -0.4 is 4.90 Å². The van der Waals surface area contributed by atoms with E-state index in [1.54, 1.807) is 4.90 Å². The molecule has 1 fully saturated rings. The molecule has 1 amide bonds. The quantitative estimate of drug-likeness (QED) is 0.135. The van der Waals surface area contributed by atoms with E-state index in [1.807, 2.05) is 79.8 Å². The lowest BCUT2D eigenvalue weighted by Crippen LogP contribution is -2.44. The number of fused-ring (bicyclic) bond motifs is 1. The van der Waals surface area contributed by atoms with Crippen molar-refractivity contribution in [2.75, 3.05) is 25.6 Å². The van der Waals surface area contributed by atoms with Gasteiger partial charge in [-0.3, -0.25) is 14.7 Å². The van der Waals surface area contributed by atoms with Crippen LogP contribution in [0, 0.1) is 0 Å². The molecule has 46 heavy (non-hydrogen) atoms. The number of rotatable bonds is 9. The van der Waals surface area contributed by atoms with Gasteiger partial charge >= 0.3 is 5.97 Å². The summed E-state index contributed by atoms with van der Waals surface area (Å²) in [6.07, 6.45) is 4.57. The number of para-hydroxylation sites is 1. The molecule has 1 aliphatic carbocycles. The van der Waals surface area contributed by atoms with Crippen molar-refractivity contribution in [2.24, 2.45) is 4.99 Å². The molecule has 0 N–H and O–H groups in total. The highest BCUT2D eigenvalue weighted by Crippen LogP contribution is 2.38. The Bertz CT molecular complexity index is 1710. The Morgan fingerprint density at radius 2 is 1.65 bits per heavy atom. The van der Waals surface area contributed by atoms with Gasteiger partial charge in [0.1, 0.15) is 0 Å². The number of amides is 1. The van der Waals surface area contributed by atoms with Crippen LogP contribution in [0.15, 0.2) is 113 Å². The van der Waals surface area contributed by atoms with Crippen LogP contribution in [-0.2, 0) is 27.3 Å². The van der Waals surface area contributed by atoms with Crippen LogP contribution >= 0.6 is 15.9 Å². The second kappa shape index (κ2) is 14.6. The Morgan fingerprint density at radius 3 is 2.41 bits per heavy atom. The van der Waals surface area contributed by atoms with Crippen LogP contribution in [0.4, 0.5) is 5.69 Å². The SMILES string of the molecule is COC(=O)C(N=C(c1ccccc1)c1ccccc1N(C)C(=O)C1CCCN1Cc1ccccc1)[C@@H]1CCCc2ccc(Br)cc21. The van der Waals surface area contributed by atoms with Crippen molar-refractivity contribution in [3.63, 3.8) is 0 Å². The van der Waals surface area contributed by atoms with E-state index in [-0.39, 0.29) is 23.8 Å². The second-order valence-electron chi connectivity index (χ2n) is 12.2. The summed E-state index contributed by atoms with van der Waals surface area (Å²) in [6, 6.07) is 33.5. The number of esters is 1. The molecule has 4 aromatic rings. The number of carbonyl (C=O) groups excluding carboxylic acids is 2. The van der Waals surface area contributed by atoms with Gasteiger partial charge in [-0.25, -0.2) is 4.79 Å². The van der Waals surface area contributed by atoms with E-state index in [1.165, 1.54) is 18.2 Å². The van der Waals surface area contributed by atoms with E-state index in [0.29, 0.717) is 5.71 Å². The lowest BCUT2D eigenvalue weighted by Gasteiger charge is -2.31. The fourth-order valence-electron chi connectivity index (χ4n) is 7.02. The van der Waals surface area contributed by atoms with Crippen LogP contribution in [0.2, 0.25) is 0 Å². The fourth-order valence-corrected chi connectivity index (χ4v) is 7.40. The molecule has 2 unspecified atom stereocenters. The lowest BCUT2D eigenvalue weighted by atomic mass is 9.78. The number of halogens is 1. The minimum atomic E-state index is -0.751. The normalized spacial score (nSPS) is 18.9. The van der Waals surface area contributed by atoms with E-state index in [2.05, 4.69) is 51.2 Å². The van der Waals surface area contributed by atoms with Crippen LogP contribution in [0.3, 0.4) is 0 Å². The number of likely N-dealkylation sites (N-methyl/N-ethyl adjacent to an activating group) is 1. The molecular weight excluding hydrogens is 638 g/mol. The molecule has 6 nitrogen and oxygen atoms in total. The average Bonchev–Trinajstić information content (AvgIpc) is 3.56. The molecule has 0 bridgehead atoms. The van der Waals surface area contributed by atoms with Gasteiger partial charge in [0, 0.05) is 35.1 Å². The molecule has 1 aliphatic heterocycles. The Kier molecular flexibility index (Phi) is 10.1. The highest BCUT2D eigenvalue weighted by molar-refractivity contribution is 9.10. The fraction of sp³-hybridized carbons (Fsp3) is 0.308. The van der Waals surface area contributed by atoms with Gasteiger partial charge in [0.2, 0.25) is 5.91 Å². The number of likely N-dealkylation sites (tertiary alicyclic amines) is 1. The van der Waals surface area contributed by atoms with Gasteiger partial charge in [-0.1, -0.05) is 101 Å². The van der Waals surface area contributed by atoms with Crippen molar-refractivity contribution in [3.8, 4) is 0 Å². The summed E-state index contributed by atoms with van der Waals surface area (Å²) in [7, 11) is 3.29. The van der Waals surface area contributed by atoms with Crippen molar-refractivity contribution in [2.45, 2.75) is 56.7 Å². The van der Waals surface area contributed by atoms with Crippen LogP contribution in [0.5, 0.6) is 0 Å².